The van der Waals surface area contributed by atoms with Crippen molar-refractivity contribution in [3.05, 3.63) is 47.4 Å². The Labute approximate surface area is 236 Å². The van der Waals surface area contributed by atoms with E-state index in [9.17, 15) is 13.2 Å². The topological polar surface area (TPSA) is 146 Å². The van der Waals surface area contributed by atoms with Gasteiger partial charge in [0.1, 0.15) is 27.6 Å². The van der Waals surface area contributed by atoms with Gasteiger partial charge in [0.15, 0.2) is 0 Å². The van der Waals surface area contributed by atoms with Crippen molar-refractivity contribution in [1.82, 2.24) is 15.0 Å². The molecule has 4 rings (SSSR count). The maximum absolute atomic E-state index is 12.4. The molecule has 3 aromatic heterocycles. The smallest absolute Gasteiger partial charge is 0.340 e. The zero-order chi connectivity index (χ0) is 29.6. The van der Waals surface area contributed by atoms with E-state index >= 15 is 0 Å². The van der Waals surface area contributed by atoms with E-state index in [1.54, 1.807) is 31.5 Å². The number of carbonyl (C=O) groups excluding carboxylic acids is 1. The fourth-order valence-corrected chi connectivity index (χ4v) is 5.30. The van der Waals surface area contributed by atoms with E-state index in [4.69, 9.17) is 20.2 Å². The quantitative estimate of drug-likeness (QED) is 0.345. The zero-order valence-corrected chi connectivity index (χ0v) is 25.2. The summed E-state index contributed by atoms with van der Waals surface area (Å²) >= 11 is 0. The van der Waals surface area contributed by atoms with Crippen LogP contribution in [-0.2, 0) is 25.5 Å². The molecule has 0 radical (unpaired) electrons. The molecule has 0 aliphatic carbocycles. The van der Waals surface area contributed by atoms with Crippen LogP contribution in [0.3, 0.4) is 0 Å². The van der Waals surface area contributed by atoms with Gasteiger partial charge in [-0.15, -0.1) is 0 Å². The lowest BCUT2D eigenvalue weighted by molar-refractivity contribution is 0.00864. The van der Waals surface area contributed by atoms with Crippen molar-refractivity contribution >= 4 is 38.2 Å². The van der Waals surface area contributed by atoms with Gasteiger partial charge in [0, 0.05) is 36.0 Å². The number of hydrogen-bond acceptors (Lipinski definition) is 10. The Hall–Kier alpha value is -3.31. The van der Waals surface area contributed by atoms with Crippen LogP contribution < -0.4 is 15.8 Å². The maximum atomic E-state index is 12.4. The van der Waals surface area contributed by atoms with Crippen LogP contribution in [0.2, 0.25) is 0 Å². The number of nitrogens with zero attached hydrogens (tertiary/aromatic N) is 3. The Morgan fingerprint density at radius 3 is 2.52 bits per heavy atom. The highest BCUT2D eigenvalue weighted by atomic mass is 32.2. The Morgan fingerprint density at radius 2 is 1.88 bits per heavy atom. The van der Waals surface area contributed by atoms with Crippen LogP contribution in [0.15, 0.2) is 30.6 Å². The van der Waals surface area contributed by atoms with E-state index < -0.39 is 32.1 Å². The molecule has 0 aromatic carbocycles. The second kappa shape index (κ2) is 10.6. The summed E-state index contributed by atoms with van der Waals surface area (Å²) in [5, 5.41) is 4.21. The van der Waals surface area contributed by atoms with Crippen molar-refractivity contribution < 1.29 is 22.7 Å². The predicted molar refractivity (Wildman–Crippen MR) is 156 cm³/mol. The molecule has 10 nitrogen and oxygen atoms in total. The van der Waals surface area contributed by atoms with E-state index in [0.717, 1.165) is 10.9 Å². The highest BCUT2D eigenvalue weighted by molar-refractivity contribution is 7.91. The van der Waals surface area contributed by atoms with Crippen LogP contribution in [0, 0.1) is 0 Å². The van der Waals surface area contributed by atoms with Crippen molar-refractivity contribution in [3.63, 3.8) is 0 Å². The molecule has 0 fully saturated rings. The minimum absolute atomic E-state index is 0.318. The van der Waals surface area contributed by atoms with Gasteiger partial charge in [0.25, 0.3) is 0 Å². The number of anilines is 2. The van der Waals surface area contributed by atoms with Gasteiger partial charge in [0.2, 0.25) is 5.88 Å². The number of carbonyl (C=O) groups is 1. The number of nitrogens with one attached hydrogen (secondary N) is 1. The van der Waals surface area contributed by atoms with E-state index in [2.05, 4.69) is 15.3 Å². The first-order chi connectivity index (χ1) is 18.5. The van der Waals surface area contributed by atoms with Crippen LogP contribution in [0.5, 0.6) is 5.88 Å². The molecule has 0 amide bonds. The largest absolute Gasteiger partial charge is 0.474 e. The van der Waals surface area contributed by atoms with Gasteiger partial charge in [-0.3, -0.25) is 0 Å². The summed E-state index contributed by atoms with van der Waals surface area (Å²) in [6.45, 7) is 13.3. The van der Waals surface area contributed by atoms with Gasteiger partial charge in [-0.1, -0.05) is 20.8 Å². The summed E-state index contributed by atoms with van der Waals surface area (Å²) in [4.78, 5) is 26.3. The molecular formula is C29H39N5O5S. The first kappa shape index (κ1) is 29.7. The molecule has 4 atom stereocenters. The van der Waals surface area contributed by atoms with Crippen LogP contribution in [-0.4, -0.2) is 53.1 Å². The van der Waals surface area contributed by atoms with Crippen LogP contribution >= 0.6 is 0 Å². The normalized spacial score (nSPS) is 19.7. The number of aromatic nitrogens is 3. The minimum atomic E-state index is -3.19. The summed E-state index contributed by atoms with van der Waals surface area (Å²) in [6.07, 6.45) is 4.90. The van der Waals surface area contributed by atoms with Gasteiger partial charge >= 0.3 is 5.97 Å². The third-order valence-electron chi connectivity index (χ3n) is 8.07. The number of nitrogens with two attached hydrogens (primary N) is 1. The average Bonchev–Trinajstić information content (AvgIpc) is 2.87. The molecule has 11 heteroatoms. The lowest BCUT2D eigenvalue weighted by atomic mass is 9.79. The molecule has 0 saturated heterocycles. The summed E-state index contributed by atoms with van der Waals surface area (Å²) in [5.74, 6) is 1.06. The molecule has 0 bridgehead atoms. The second-order valence-corrected chi connectivity index (χ2v) is 14.1. The molecule has 0 saturated carbocycles. The van der Waals surface area contributed by atoms with E-state index in [-0.39, 0.29) is 12.1 Å². The predicted octanol–water partition coefficient (Wildman–Crippen LogP) is 4.78. The molecule has 1 aliphatic heterocycles. The van der Waals surface area contributed by atoms with E-state index in [1.165, 1.54) is 6.26 Å². The number of sulfone groups is 1. The van der Waals surface area contributed by atoms with Gasteiger partial charge in [-0.2, -0.15) is 0 Å². The number of hydrogen-bond donors (Lipinski definition) is 2. The third-order valence-corrected chi connectivity index (χ3v) is 9.73. The van der Waals surface area contributed by atoms with E-state index in [1.807, 2.05) is 47.6 Å². The molecule has 1 unspecified atom stereocenters. The number of pyridine rings is 3. The van der Waals surface area contributed by atoms with Crippen molar-refractivity contribution in [2.24, 2.45) is 5.73 Å². The van der Waals surface area contributed by atoms with Crippen LogP contribution in [0.25, 0.3) is 10.8 Å². The molecule has 4 heterocycles. The fraction of sp³-hybridized carbons (Fsp3) is 0.517. The Bertz CT molecular complexity index is 1550. The summed E-state index contributed by atoms with van der Waals surface area (Å²) < 4.78 is 35.5. The lowest BCUT2D eigenvalue weighted by Gasteiger charge is -2.36. The van der Waals surface area contributed by atoms with Crippen LogP contribution in [0.1, 0.15) is 82.9 Å². The zero-order valence-electron chi connectivity index (χ0n) is 24.4. The minimum Gasteiger partial charge on any atom is -0.474 e. The van der Waals surface area contributed by atoms with Gasteiger partial charge < -0.3 is 20.5 Å². The van der Waals surface area contributed by atoms with Crippen molar-refractivity contribution in [3.8, 4) is 5.88 Å². The third kappa shape index (κ3) is 5.76. The first-order valence-corrected chi connectivity index (χ1v) is 15.4. The highest BCUT2D eigenvalue weighted by Crippen LogP contribution is 2.37. The van der Waals surface area contributed by atoms with Crippen molar-refractivity contribution in [1.29, 1.82) is 0 Å². The summed E-state index contributed by atoms with van der Waals surface area (Å²) in [5.41, 5.74) is 7.49. The Morgan fingerprint density at radius 1 is 1.18 bits per heavy atom. The second-order valence-electron chi connectivity index (χ2n) is 11.7. The summed E-state index contributed by atoms with van der Waals surface area (Å²) in [6, 6.07) is 5.33. The number of ether oxygens (including phenoxy) is 2. The SMILES string of the molecule is CCC(C)(N)c1cnc(O[C@H](C)C[C@@H](C)S(C)(=O)=O)c2cnc(Nc3ccc4c(n3)C(C)(C)[C@H](C)OC4=O)cc12. The monoisotopic (exact) mass is 569 g/mol. The van der Waals surface area contributed by atoms with Gasteiger partial charge in [-0.05, 0) is 63.3 Å². The number of fused-ring (bicyclic) bond motifs is 2. The Kier molecular flexibility index (Phi) is 7.85. The molecule has 3 N–H and O–H groups in total. The first-order valence-electron chi connectivity index (χ1n) is 13.5. The summed E-state index contributed by atoms with van der Waals surface area (Å²) in [7, 11) is -3.19. The van der Waals surface area contributed by atoms with Gasteiger partial charge in [0.05, 0.1) is 28.0 Å². The number of esters is 1. The van der Waals surface area contributed by atoms with Crippen LogP contribution in [0.4, 0.5) is 11.6 Å². The molecule has 3 aromatic rings. The molecule has 216 valence electrons. The van der Waals surface area contributed by atoms with E-state index in [0.29, 0.717) is 47.0 Å². The van der Waals surface area contributed by atoms with Crippen molar-refractivity contribution in [2.75, 3.05) is 11.6 Å². The standard InChI is InChI=1S/C29H39N5O5S/c1-9-29(7,30)22-15-32-26(38-16(2)12-17(3)40(8,36)37)21-14-31-24(13-20(21)22)33-23-11-10-19-25(34-23)28(5,6)18(4)39-27(19)35/h10-11,13-18H,9,12,30H2,1-8H3,(H,31,33,34)/t16-,17-,18+,29?/m1/s1. The van der Waals surface area contributed by atoms with Gasteiger partial charge in [-0.25, -0.2) is 28.2 Å². The average molecular weight is 570 g/mol. The Balaban J connectivity index is 1.72. The number of rotatable bonds is 9. The fourth-order valence-electron chi connectivity index (χ4n) is 4.68. The molecule has 1 aliphatic rings. The highest BCUT2D eigenvalue weighted by Gasteiger charge is 2.41. The lowest BCUT2D eigenvalue weighted by Crippen LogP contribution is -2.42. The van der Waals surface area contributed by atoms with Crippen molar-refractivity contribution in [2.45, 2.75) is 89.7 Å². The maximum Gasteiger partial charge on any atom is 0.340 e. The molecule has 40 heavy (non-hydrogen) atoms. The molecule has 0 spiro atoms. The number of cyclic esters (lactones) is 1. The molecular weight excluding hydrogens is 530 g/mol.